The van der Waals surface area contributed by atoms with Crippen LogP contribution < -0.4 is 0 Å². The Labute approximate surface area is 235 Å². The zero-order chi connectivity index (χ0) is 23.9. The highest BCUT2D eigenvalue weighted by Crippen LogP contribution is 1.80. The van der Waals surface area contributed by atoms with Gasteiger partial charge in [0.25, 0.3) is 150 Å². The third-order valence-corrected chi connectivity index (χ3v) is 22.8. The molecule has 0 heterocycles. The lowest BCUT2D eigenvalue weighted by Crippen LogP contribution is -2.22. The normalized spacial score (nSPS) is 17.0. The van der Waals surface area contributed by atoms with Crippen molar-refractivity contribution in [3.05, 3.63) is 0 Å². The van der Waals surface area contributed by atoms with Crippen molar-refractivity contribution in [1.82, 2.24) is 0 Å². The minimum atomic E-state index is -1.01. The molecule has 0 aromatic carbocycles. The second-order valence-corrected chi connectivity index (χ2v) is 35.5. The standard InChI is InChI=1S/H35O16Si17/c17-1-19-3-21-5-23-7-25-9-27-11-29-13-31-15-33-16-32-14-30-12-28-10-26-8-24-6-22-4-20-2-18/h17,19-33H2,18H3. The molecule has 33 heteroatoms. The Hall–Kier alpha value is 3.05. The van der Waals surface area contributed by atoms with E-state index < -0.39 is 150 Å². The highest BCUT2D eigenvalue weighted by atomic mass is 28.4. The molecular formula is H35O16Si17. The molecule has 0 N–H and O–H groups in total. The van der Waals surface area contributed by atoms with Gasteiger partial charge in [-0.15, -0.1) is 0 Å². The summed E-state index contributed by atoms with van der Waals surface area (Å²) in [5.41, 5.74) is 0. The van der Waals surface area contributed by atoms with Gasteiger partial charge in [-0.05, 0) is 0 Å². The lowest BCUT2D eigenvalue weighted by atomic mass is 15.7. The van der Waals surface area contributed by atoms with Crippen LogP contribution in [0.15, 0.2) is 0 Å². The van der Waals surface area contributed by atoms with E-state index in [0.717, 1.165) is 10.5 Å². The molecule has 0 aliphatic rings. The molecule has 0 atom stereocenters. The Kier molecular flexibility index (Phi) is 38.3. The molecule has 0 aromatic rings. The molecule has 0 amide bonds. The smallest absolute Gasteiger partial charge is 0.286 e. The van der Waals surface area contributed by atoms with E-state index in [1.54, 1.807) is 0 Å². The van der Waals surface area contributed by atoms with E-state index in [-0.39, 0.29) is 0 Å². The molecular weight excluding hydrogens is 733 g/mol. The van der Waals surface area contributed by atoms with E-state index >= 15 is 0 Å². The lowest BCUT2D eigenvalue weighted by molar-refractivity contribution is 0.356. The van der Waals surface area contributed by atoms with Crippen LogP contribution in [-0.4, -0.2) is 171 Å². The first kappa shape index (κ1) is 36.0. The van der Waals surface area contributed by atoms with Gasteiger partial charge in [0.2, 0.25) is 0 Å². The quantitative estimate of drug-likeness (QED) is 0.0503. The van der Waals surface area contributed by atoms with Crippen molar-refractivity contribution in [2.24, 2.45) is 0 Å². The Bertz CT molecular complexity index is 310. The molecule has 16 nitrogen and oxygen atoms in total. The molecule has 199 valence electrons. The first-order chi connectivity index (χ1) is 16.4. The average Bonchev–Trinajstić information content (AvgIpc) is 2.83. The van der Waals surface area contributed by atoms with Gasteiger partial charge in [0.05, 0.1) is 0 Å². The zero-order valence-electron chi connectivity index (χ0n) is 18.8. The molecule has 0 unspecified atom stereocenters. The molecule has 0 aliphatic carbocycles. The van der Waals surface area contributed by atoms with Crippen molar-refractivity contribution in [1.29, 1.82) is 0 Å². The molecule has 0 aromatic heterocycles. The van der Waals surface area contributed by atoms with Crippen molar-refractivity contribution >= 4 is 171 Å². The fourth-order valence-corrected chi connectivity index (χ4v) is 28.8. The van der Waals surface area contributed by atoms with Crippen molar-refractivity contribution in [3.63, 3.8) is 0 Å². The van der Waals surface area contributed by atoms with Crippen LogP contribution in [-0.2, 0) is 65.8 Å². The highest BCUT2D eigenvalue weighted by molar-refractivity contribution is 6.51. The summed E-state index contributed by atoms with van der Waals surface area (Å²) in [4.78, 5) is 0. The maximum Gasteiger partial charge on any atom is 0.286 e. The van der Waals surface area contributed by atoms with Crippen molar-refractivity contribution in [3.8, 4) is 0 Å². The lowest BCUT2D eigenvalue weighted by Gasteiger charge is -2.09. The monoisotopic (exact) mass is 767 g/mol. The van der Waals surface area contributed by atoms with E-state index in [0.29, 0.717) is 0 Å². The van der Waals surface area contributed by atoms with Gasteiger partial charge in [0, 0.05) is 0 Å². The molecule has 1 radical (unpaired) electrons. The molecule has 0 saturated heterocycles. The minimum absolute atomic E-state index is 0.739. The summed E-state index contributed by atoms with van der Waals surface area (Å²) in [7, 11) is -12.0. The molecule has 0 fully saturated rings. The summed E-state index contributed by atoms with van der Waals surface area (Å²) in [6.45, 7) is 0. The number of hydrogen-bond donors (Lipinski definition) is 0. The first-order valence-corrected chi connectivity index (χ1v) is 28.1. The summed E-state index contributed by atoms with van der Waals surface area (Å²) in [6.07, 6.45) is 0. The van der Waals surface area contributed by atoms with E-state index in [4.69, 9.17) is 65.8 Å². The van der Waals surface area contributed by atoms with Crippen LogP contribution in [0.5, 0.6) is 0 Å². The van der Waals surface area contributed by atoms with Crippen LogP contribution in [0.1, 0.15) is 0 Å². The average molecular weight is 769 g/mol. The van der Waals surface area contributed by atoms with Gasteiger partial charge in [0.1, 0.15) is 10.5 Å². The van der Waals surface area contributed by atoms with Gasteiger partial charge in [-0.25, -0.2) is 0 Å². The van der Waals surface area contributed by atoms with Gasteiger partial charge in [-0.3, -0.25) is 0 Å². The van der Waals surface area contributed by atoms with Crippen LogP contribution in [0.3, 0.4) is 0 Å². The summed E-state index contributed by atoms with van der Waals surface area (Å²) in [6, 6.07) is 0. The van der Waals surface area contributed by atoms with Crippen molar-refractivity contribution in [2.75, 3.05) is 0 Å². The summed E-state index contributed by atoms with van der Waals surface area (Å²) >= 11 is 0. The number of hydrogen-bond acceptors (Lipinski definition) is 16. The van der Waals surface area contributed by atoms with E-state index in [1.165, 1.54) is 10.5 Å². The molecule has 0 spiro atoms. The van der Waals surface area contributed by atoms with Gasteiger partial charge in [-0.1, -0.05) is 0 Å². The molecule has 0 aliphatic heterocycles. The summed E-state index contributed by atoms with van der Waals surface area (Å²) < 4.78 is 85.5. The van der Waals surface area contributed by atoms with Gasteiger partial charge in [-0.2, -0.15) is 0 Å². The van der Waals surface area contributed by atoms with Crippen LogP contribution in [0.2, 0.25) is 0 Å². The van der Waals surface area contributed by atoms with Crippen LogP contribution in [0.4, 0.5) is 0 Å². The third-order valence-electron chi connectivity index (χ3n) is 2.53. The minimum Gasteiger partial charge on any atom is -0.449 e. The third kappa shape index (κ3) is 35.0. The maximum atomic E-state index is 5.45. The van der Waals surface area contributed by atoms with Crippen LogP contribution in [0.25, 0.3) is 0 Å². The molecule has 0 rings (SSSR count). The Morgan fingerprint density at radius 2 is 0.485 bits per heavy atom. The highest BCUT2D eigenvalue weighted by Gasteiger charge is 1.98. The van der Waals surface area contributed by atoms with Crippen LogP contribution >= 0.6 is 0 Å². The topological polar surface area (TPSA) is 148 Å². The van der Waals surface area contributed by atoms with Gasteiger partial charge < -0.3 is 65.8 Å². The second kappa shape index (κ2) is 35.0. The van der Waals surface area contributed by atoms with Crippen molar-refractivity contribution < 1.29 is 65.8 Å². The van der Waals surface area contributed by atoms with Crippen LogP contribution in [0, 0.1) is 0 Å². The fraction of sp³-hybridized carbons (Fsp3) is 0. The fourth-order valence-electron chi connectivity index (χ4n) is 1.38. The number of rotatable bonds is 30. The van der Waals surface area contributed by atoms with Gasteiger partial charge >= 0.3 is 0 Å². The molecule has 0 bridgehead atoms. The van der Waals surface area contributed by atoms with Gasteiger partial charge in [0.15, 0.2) is 10.5 Å². The summed E-state index contributed by atoms with van der Waals surface area (Å²) in [5.74, 6) is 0. The molecule has 0 saturated carbocycles. The first-order valence-electron chi connectivity index (χ1n) is 9.36. The SMILES string of the molecule is [SiH2]O[SiH2]O[SiH2]O[SiH2]O[SiH2]O[SiH2]O[SiH2]O[SiH2]O[SiH2]O[SiH2]O[SiH2]O[SiH2]O[SiH2]O[SiH2]O[SiH2]O[SiH2]O[SiH3]. The Morgan fingerprint density at radius 1 is 0.303 bits per heavy atom. The Balaban J connectivity index is 2.99. The van der Waals surface area contributed by atoms with E-state index in [2.05, 4.69) is 0 Å². The summed E-state index contributed by atoms with van der Waals surface area (Å²) in [5, 5.41) is 0. The second-order valence-electron chi connectivity index (χ2n) is 5.12. The maximum absolute atomic E-state index is 5.45. The predicted octanol–water partition coefficient (Wildman–Crippen LogP) is -16.9. The zero-order valence-corrected chi connectivity index (χ0v) is 43.5. The largest absolute Gasteiger partial charge is 0.449 e. The van der Waals surface area contributed by atoms with Crippen molar-refractivity contribution in [2.45, 2.75) is 0 Å². The molecule has 33 heavy (non-hydrogen) atoms. The van der Waals surface area contributed by atoms with E-state index in [9.17, 15) is 0 Å². The Morgan fingerprint density at radius 3 is 0.667 bits per heavy atom. The predicted molar refractivity (Wildman–Crippen MR) is 164 cm³/mol. The van der Waals surface area contributed by atoms with E-state index in [1.807, 2.05) is 0 Å².